The molecule has 0 aliphatic carbocycles. The van der Waals surface area contributed by atoms with Crippen molar-refractivity contribution in [2.75, 3.05) is 18.4 Å². The Kier molecular flexibility index (Phi) is 7.68. The number of nitrogens with zero attached hydrogens (tertiary/aromatic N) is 1. The van der Waals surface area contributed by atoms with Crippen LogP contribution in [0.1, 0.15) is 32.3 Å². The molecule has 1 aliphatic heterocycles. The molecule has 0 saturated carbocycles. The fourth-order valence-corrected chi connectivity index (χ4v) is 3.25. The number of hydrogen-bond acceptors (Lipinski definition) is 3. The van der Waals surface area contributed by atoms with E-state index in [1.807, 2.05) is 26.0 Å². The molecule has 0 radical (unpaired) electrons. The number of rotatable bonds is 5. The van der Waals surface area contributed by atoms with Gasteiger partial charge in [0.25, 0.3) is 0 Å². The van der Waals surface area contributed by atoms with Gasteiger partial charge in [0, 0.05) is 18.8 Å². The maximum absolute atomic E-state index is 13.1. The van der Waals surface area contributed by atoms with Crippen molar-refractivity contribution in [1.82, 2.24) is 4.90 Å². The molecule has 1 amide bonds. The van der Waals surface area contributed by atoms with Crippen LogP contribution in [0.2, 0.25) is 0 Å². The molecule has 0 aromatic heterocycles. The van der Waals surface area contributed by atoms with Crippen LogP contribution in [0.15, 0.2) is 24.3 Å². The predicted molar refractivity (Wildman–Crippen MR) is 98.1 cm³/mol. The number of nitrogens with one attached hydrogen (secondary N) is 1. The van der Waals surface area contributed by atoms with Crippen LogP contribution in [0.25, 0.3) is 0 Å². The third kappa shape index (κ3) is 5.35. The minimum absolute atomic E-state index is 0. The number of hydrogen-bond donors (Lipinski definition) is 2. The number of carbonyl (C=O) groups excluding carboxylic acids is 1. The molecule has 1 aromatic rings. The van der Waals surface area contributed by atoms with E-state index in [2.05, 4.69) is 5.32 Å². The van der Waals surface area contributed by atoms with Crippen LogP contribution in [-0.4, -0.2) is 47.2 Å². The van der Waals surface area contributed by atoms with Gasteiger partial charge < -0.3 is 10.4 Å². The summed E-state index contributed by atoms with van der Waals surface area (Å²) in [5.41, 5.74) is 1.53. The van der Waals surface area contributed by atoms with Gasteiger partial charge in [-0.15, -0.1) is 12.4 Å². The van der Waals surface area contributed by atoms with Crippen LogP contribution in [-0.2, 0) is 9.59 Å². The summed E-state index contributed by atoms with van der Waals surface area (Å²) < 4.78 is 39.3. The number of alkyl halides is 3. The number of benzene rings is 1. The SMILES string of the molecule is CC(C)c1ccccc1NC(=O)C(C)N1C[C@@H](C(F)(F)F)[C@H](C(=O)O)C1.Cl. The summed E-state index contributed by atoms with van der Waals surface area (Å²) >= 11 is 0. The van der Waals surface area contributed by atoms with Gasteiger partial charge in [-0.3, -0.25) is 14.5 Å². The van der Waals surface area contributed by atoms with Crippen molar-refractivity contribution >= 4 is 30.0 Å². The summed E-state index contributed by atoms with van der Waals surface area (Å²) in [6, 6.07) is 6.36. The van der Waals surface area contributed by atoms with Crippen molar-refractivity contribution in [1.29, 1.82) is 0 Å². The quantitative estimate of drug-likeness (QED) is 0.778. The lowest BCUT2D eigenvalue weighted by Gasteiger charge is -2.24. The maximum Gasteiger partial charge on any atom is 0.393 e. The Morgan fingerprint density at radius 2 is 1.78 bits per heavy atom. The van der Waals surface area contributed by atoms with E-state index in [-0.39, 0.29) is 24.9 Å². The first-order valence-electron chi connectivity index (χ1n) is 8.45. The van der Waals surface area contributed by atoms with E-state index in [9.17, 15) is 22.8 Å². The molecular weight excluding hydrogens is 385 g/mol. The summed E-state index contributed by atoms with van der Waals surface area (Å²) in [5, 5.41) is 11.8. The third-order valence-corrected chi connectivity index (χ3v) is 4.85. The smallest absolute Gasteiger partial charge is 0.393 e. The van der Waals surface area contributed by atoms with E-state index < -0.39 is 42.5 Å². The van der Waals surface area contributed by atoms with Gasteiger partial charge in [-0.1, -0.05) is 32.0 Å². The molecule has 0 spiro atoms. The number of aliphatic carboxylic acids is 1. The largest absolute Gasteiger partial charge is 0.481 e. The first kappa shape index (κ1) is 23.2. The van der Waals surface area contributed by atoms with Gasteiger partial charge in [0.15, 0.2) is 0 Å². The molecule has 152 valence electrons. The topological polar surface area (TPSA) is 69.6 Å². The summed E-state index contributed by atoms with van der Waals surface area (Å²) in [7, 11) is 0. The number of para-hydroxylation sites is 1. The molecule has 1 saturated heterocycles. The number of carboxylic acids is 1. The van der Waals surface area contributed by atoms with Gasteiger partial charge in [0.05, 0.1) is 17.9 Å². The van der Waals surface area contributed by atoms with E-state index in [0.717, 1.165) is 5.56 Å². The van der Waals surface area contributed by atoms with E-state index >= 15 is 0 Å². The fourth-order valence-electron chi connectivity index (χ4n) is 3.25. The first-order chi connectivity index (χ1) is 12.0. The van der Waals surface area contributed by atoms with Gasteiger partial charge in [-0.2, -0.15) is 13.2 Å². The van der Waals surface area contributed by atoms with Gasteiger partial charge >= 0.3 is 12.1 Å². The van der Waals surface area contributed by atoms with Crippen molar-refractivity contribution in [3.8, 4) is 0 Å². The molecule has 9 heteroatoms. The van der Waals surface area contributed by atoms with Crippen molar-refractivity contribution < 1.29 is 27.9 Å². The number of carboxylic acid groups (broad SMARTS) is 1. The lowest BCUT2D eigenvalue weighted by Crippen LogP contribution is -2.41. The number of likely N-dealkylation sites (tertiary alicyclic amines) is 1. The first-order valence-corrected chi connectivity index (χ1v) is 8.45. The highest BCUT2D eigenvalue weighted by atomic mass is 35.5. The third-order valence-electron chi connectivity index (χ3n) is 4.85. The minimum atomic E-state index is -4.61. The second-order valence-electron chi connectivity index (χ2n) is 6.95. The average Bonchev–Trinajstić information content (AvgIpc) is 3.00. The highest BCUT2D eigenvalue weighted by molar-refractivity contribution is 5.95. The lowest BCUT2D eigenvalue weighted by atomic mass is 9.96. The molecule has 1 aliphatic rings. The minimum Gasteiger partial charge on any atom is -0.481 e. The van der Waals surface area contributed by atoms with E-state index in [4.69, 9.17) is 5.11 Å². The van der Waals surface area contributed by atoms with Gasteiger partial charge in [0.1, 0.15) is 0 Å². The van der Waals surface area contributed by atoms with Gasteiger partial charge in [-0.25, -0.2) is 0 Å². The van der Waals surface area contributed by atoms with Crippen molar-refractivity contribution in [3.05, 3.63) is 29.8 Å². The molecule has 3 atom stereocenters. The molecule has 5 nitrogen and oxygen atoms in total. The predicted octanol–water partition coefficient (Wildman–Crippen LogP) is 3.75. The van der Waals surface area contributed by atoms with Crippen LogP contribution in [0.5, 0.6) is 0 Å². The number of carbonyl (C=O) groups is 2. The Balaban J connectivity index is 0.00000364. The van der Waals surface area contributed by atoms with Crippen LogP contribution < -0.4 is 5.32 Å². The Bertz CT molecular complexity index is 682. The molecule has 1 unspecified atom stereocenters. The molecule has 27 heavy (non-hydrogen) atoms. The van der Waals surface area contributed by atoms with Gasteiger partial charge in [-0.05, 0) is 24.5 Å². The average molecular weight is 409 g/mol. The van der Waals surface area contributed by atoms with E-state index in [1.54, 1.807) is 12.1 Å². The van der Waals surface area contributed by atoms with Crippen molar-refractivity contribution in [3.63, 3.8) is 0 Å². The van der Waals surface area contributed by atoms with E-state index in [0.29, 0.717) is 5.69 Å². The molecule has 1 fully saturated rings. The second-order valence-corrected chi connectivity index (χ2v) is 6.95. The molecule has 1 heterocycles. The zero-order valence-corrected chi connectivity index (χ0v) is 16.1. The summed E-state index contributed by atoms with van der Waals surface area (Å²) in [6.07, 6.45) is -4.61. The highest BCUT2D eigenvalue weighted by Crippen LogP contribution is 2.38. The fraction of sp³-hybridized carbons (Fsp3) is 0.556. The number of amides is 1. The molecular formula is C18H24ClF3N2O3. The lowest BCUT2D eigenvalue weighted by molar-refractivity contribution is -0.188. The normalized spacial score (nSPS) is 21.6. The Labute approximate surface area is 162 Å². The van der Waals surface area contributed by atoms with Crippen LogP contribution in [0.4, 0.5) is 18.9 Å². The Morgan fingerprint density at radius 1 is 1.19 bits per heavy atom. The van der Waals surface area contributed by atoms with Crippen molar-refractivity contribution in [2.45, 2.75) is 38.9 Å². The zero-order chi connectivity index (χ0) is 19.6. The Morgan fingerprint density at radius 3 is 2.26 bits per heavy atom. The standard InChI is InChI=1S/C18H23F3N2O3.ClH/c1-10(2)12-6-4-5-7-15(12)22-16(24)11(3)23-8-13(17(25)26)14(9-23)18(19,20)21;/h4-7,10-11,13-14H,8-9H2,1-3H3,(H,22,24)(H,25,26);1H/t11?,13-,14-;/m1./s1. The Hall–Kier alpha value is -1.80. The number of anilines is 1. The van der Waals surface area contributed by atoms with Crippen molar-refractivity contribution in [2.24, 2.45) is 11.8 Å². The summed E-state index contributed by atoms with van der Waals surface area (Å²) in [4.78, 5) is 25.0. The highest BCUT2D eigenvalue weighted by Gasteiger charge is 2.53. The summed E-state index contributed by atoms with van der Waals surface area (Å²) in [5.74, 6) is -5.32. The number of halogens is 4. The second kappa shape index (κ2) is 8.93. The maximum atomic E-state index is 13.1. The van der Waals surface area contributed by atoms with Gasteiger partial charge in [0.2, 0.25) is 5.91 Å². The molecule has 2 rings (SSSR count). The van der Waals surface area contributed by atoms with Crippen LogP contribution in [0, 0.1) is 11.8 Å². The van der Waals surface area contributed by atoms with Crippen LogP contribution in [0.3, 0.4) is 0 Å². The monoisotopic (exact) mass is 408 g/mol. The van der Waals surface area contributed by atoms with Crippen LogP contribution >= 0.6 is 12.4 Å². The van der Waals surface area contributed by atoms with E-state index in [1.165, 1.54) is 11.8 Å². The molecule has 2 N–H and O–H groups in total. The zero-order valence-electron chi connectivity index (χ0n) is 15.3. The summed E-state index contributed by atoms with van der Waals surface area (Å²) in [6.45, 7) is 4.63. The molecule has 1 aromatic carbocycles. The molecule has 0 bridgehead atoms.